The molecule has 0 radical (unpaired) electrons. The van der Waals surface area contributed by atoms with Crippen LogP contribution in [0.25, 0.3) is 0 Å². The van der Waals surface area contributed by atoms with Crippen LogP contribution in [0.1, 0.15) is 48.9 Å². The molecule has 1 N–H and O–H groups in total. The zero-order chi connectivity index (χ0) is 14.5. The number of nitrogens with zero attached hydrogens (tertiary/aromatic N) is 1. The van der Waals surface area contributed by atoms with E-state index < -0.39 is 0 Å². The highest BCUT2D eigenvalue weighted by Crippen LogP contribution is 2.30. The van der Waals surface area contributed by atoms with Crippen LogP contribution in [0.15, 0.2) is 18.2 Å². The molecule has 0 amide bonds. The van der Waals surface area contributed by atoms with Crippen molar-refractivity contribution in [2.75, 3.05) is 26.7 Å². The third-order valence-electron chi connectivity index (χ3n) is 4.21. The maximum absolute atomic E-state index is 3.74. The molecule has 0 saturated heterocycles. The quantitative estimate of drug-likeness (QED) is 0.778. The fraction of sp³-hybridized carbons (Fsp3) is 0.667. The number of likely N-dealkylation sites (N-methyl/N-ethyl adjacent to an activating group) is 1. The Balaban J connectivity index is 2.06. The second-order valence-electron chi connectivity index (χ2n) is 6.53. The van der Waals surface area contributed by atoms with Crippen molar-refractivity contribution in [3.05, 3.63) is 34.9 Å². The maximum Gasteiger partial charge on any atom is 0.0451 e. The first-order valence-electron chi connectivity index (χ1n) is 8.09. The molecule has 2 nitrogen and oxygen atoms in total. The van der Waals surface area contributed by atoms with Crippen molar-refractivity contribution in [2.24, 2.45) is 5.92 Å². The molecule has 1 unspecified atom stereocenters. The molecule has 1 fully saturated rings. The lowest BCUT2D eigenvalue weighted by atomic mass is 9.98. The lowest BCUT2D eigenvalue weighted by molar-refractivity contribution is 0.280. The molecule has 0 bridgehead atoms. The van der Waals surface area contributed by atoms with Crippen LogP contribution in [0.2, 0.25) is 0 Å². The zero-order valence-corrected chi connectivity index (χ0v) is 13.6. The monoisotopic (exact) mass is 274 g/mol. The molecule has 1 aromatic carbocycles. The topological polar surface area (TPSA) is 15.3 Å². The molecule has 1 atom stereocenters. The summed E-state index contributed by atoms with van der Waals surface area (Å²) in [7, 11) is 2.27. The van der Waals surface area contributed by atoms with Crippen molar-refractivity contribution >= 4 is 0 Å². The minimum atomic E-state index is 0.457. The van der Waals surface area contributed by atoms with E-state index in [1.165, 1.54) is 42.5 Å². The van der Waals surface area contributed by atoms with Gasteiger partial charge in [-0.25, -0.2) is 0 Å². The van der Waals surface area contributed by atoms with Gasteiger partial charge >= 0.3 is 0 Å². The standard InChI is InChI=1S/C18H30N2/c1-5-10-19-18(13-20(4)12-16-8-9-16)17-11-14(2)6-7-15(17)3/h6-7,11,16,18-19H,5,8-10,12-13H2,1-4H3. The van der Waals surface area contributed by atoms with E-state index in [9.17, 15) is 0 Å². The van der Waals surface area contributed by atoms with Gasteiger partial charge in [0.2, 0.25) is 0 Å². The molecule has 0 spiro atoms. The minimum absolute atomic E-state index is 0.457. The van der Waals surface area contributed by atoms with Crippen LogP contribution in [0.5, 0.6) is 0 Å². The van der Waals surface area contributed by atoms with Crippen molar-refractivity contribution in [3.63, 3.8) is 0 Å². The normalized spacial score (nSPS) is 16.6. The molecular formula is C18H30N2. The van der Waals surface area contributed by atoms with Crippen molar-refractivity contribution in [3.8, 4) is 0 Å². The number of benzene rings is 1. The molecule has 112 valence electrons. The van der Waals surface area contributed by atoms with Gasteiger partial charge < -0.3 is 10.2 Å². The third-order valence-corrected chi connectivity index (χ3v) is 4.21. The van der Waals surface area contributed by atoms with Gasteiger partial charge in [0.25, 0.3) is 0 Å². The van der Waals surface area contributed by atoms with E-state index in [0.29, 0.717) is 6.04 Å². The van der Waals surface area contributed by atoms with E-state index >= 15 is 0 Å². The maximum atomic E-state index is 3.74. The number of aryl methyl sites for hydroxylation is 2. The summed E-state index contributed by atoms with van der Waals surface area (Å²) < 4.78 is 0. The molecular weight excluding hydrogens is 244 g/mol. The molecule has 20 heavy (non-hydrogen) atoms. The molecule has 0 heterocycles. The first-order chi connectivity index (χ1) is 9.60. The minimum Gasteiger partial charge on any atom is -0.309 e. The highest BCUT2D eigenvalue weighted by Gasteiger charge is 2.24. The van der Waals surface area contributed by atoms with E-state index in [1.54, 1.807) is 0 Å². The van der Waals surface area contributed by atoms with Gasteiger partial charge in [-0.2, -0.15) is 0 Å². The number of rotatable bonds is 8. The summed E-state index contributed by atoms with van der Waals surface area (Å²) in [4.78, 5) is 2.51. The highest BCUT2D eigenvalue weighted by molar-refractivity contribution is 5.33. The summed E-state index contributed by atoms with van der Waals surface area (Å²) in [6.07, 6.45) is 4.05. The first kappa shape index (κ1) is 15.5. The molecule has 1 aromatic rings. The van der Waals surface area contributed by atoms with E-state index in [0.717, 1.165) is 19.0 Å². The van der Waals surface area contributed by atoms with Crippen LogP contribution in [0, 0.1) is 19.8 Å². The lowest BCUT2D eigenvalue weighted by Gasteiger charge is -2.27. The Labute approximate surface area is 124 Å². The van der Waals surface area contributed by atoms with Gasteiger partial charge in [0.05, 0.1) is 0 Å². The highest BCUT2D eigenvalue weighted by atomic mass is 15.1. The Morgan fingerprint density at radius 2 is 2.05 bits per heavy atom. The van der Waals surface area contributed by atoms with Gasteiger partial charge in [0, 0.05) is 19.1 Å². The smallest absolute Gasteiger partial charge is 0.0451 e. The Hall–Kier alpha value is -0.860. The van der Waals surface area contributed by atoms with Crippen molar-refractivity contribution in [1.82, 2.24) is 10.2 Å². The summed E-state index contributed by atoms with van der Waals surface area (Å²) >= 11 is 0. The van der Waals surface area contributed by atoms with Gasteiger partial charge in [-0.05, 0) is 63.7 Å². The largest absolute Gasteiger partial charge is 0.309 e. The van der Waals surface area contributed by atoms with Crippen LogP contribution in [-0.4, -0.2) is 31.6 Å². The van der Waals surface area contributed by atoms with E-state index in [-0.39, 0.29) is 0 Å². The summed E-state index contributed by atoms with van der Waals surface area (Å²) in [5, 5.41) is 3.74. The SMILES string of the molecule is CCCNC(CN(C)CC1CC1)c1cc(C)ccc1C. The van der Waals surface area contributed by atoms with Gasteiger partial charge in [-0.15, -0.1) is 0 Å². The molecule has 0 aromatic heterocycles. The van der Waals surface area contributed by atoms with E-state index in [4.69, 9.17) is 0 Å². The number of hydrogen-bond acceptors (Lipinski definition) is 2. The molecule has 2 heteroatoms. The number of hydrogen-bond donors (Lipinski definition) is 1. The van der Waals surface area contributed by atoms with E-state index in [1.807, 2.05) is 0 Å². The second-order valence-corrected chi connectivity index (χ2v) is 6.53. The summed E-state index contributed by atoms with van der Waals surface area (Å²) in [6, 6.07) is 7.28. The fourth-order valence-electron chi connectivity index (χ4n) is 2.85. The van der Waals surface area contributed by atoms with Crippen LogP contribution >= 0.6 is 0 Å². The number of nitrogens with one attached hydrogen (secondary N) is 1. The molecule has 1 aliphatic carbocycles. The Morgan fingerprint density at radius 3 is 2.70 bits per heavy atom. The van der Waals surface area contributed by atoms with Crippen LogP contribution in [-0.2, 0) is 0 Å². The Morgan fingerprint density at radius 1 is 1.30 bits per heavy atom. The van der Waals surface area contributed by atoms with Crippen LogP contribution < -0.4 is 5.32 Å². The Bertz CT molecular complexity index is 423. The summed E-state index contributed by atoms with van der Waals surface area (Å²) in [5.74, 6) is 0.963. The van der Waals surface area contributed by atoms with Crippen molar-refractivity contribution in [2.45, 2.75) is 46.1 Å². The zero-order valence-electron chi connectivity index (χ0n) is 13.6. The summed E-state index contributed by atoms with van der Waals surface area (Å²) in [6.45, 7) is 10.1. The van der Waals surface area contributed by atoms with Gasteiger partial charge in [-0.1, -0.05) is 30.7 Å². The lowest BCUT2D eigenvalue weighted by Crippen LogP contribution is -2.35. The average Bonchev–Trinajstić information content (AvgIpc) is 3.21. The summed E-state index contributed by atoms with van der Waals surface area (Å²) in [5.41, 5.74) is 4.24. The molecule has 2 rings (SSSR count). The third kappa shape index (κ3) is 4.60. The van der Waals surface area contributed by atoms with Gasteiger partial charge in [0.1, 0.15) is 0 Å². The predicted octanol–water partition coefficient (Wildman–Crippen LogP) is 3.69. The Kier molecular flexibility index (Phi) is 5.62. The van der Waals surface area contributed by atoms with E-state index in [2.05, 4.69) is 56.2 Å². The van der Waals surface area contributed by atoms with Crippen LogP contribution in [0.4, 0.5) is 0 Å². The molecule has 0 aliphatic heterocycles. The van der Waals surface area contributed by atoms with Crippen LogP contribution in [0.3, 0.4) is 0 Å². The predicted molar refractivity (Wildman–Crippen MR) is 87.2 cm³/mol. The van der Waals surface area contributed by atoms with Gasteiger partial charge in [0.15, 0.2) is 0 Å². The van der Waals surface area contributed by atoms with Crippen molar-refractivity contribution in [1.29, 1.82) is 0 Å². The first-order valence-corrected chi connectivity index (χ1v) is 8.09. The molecule has 1 aliphatic rings. The fourth-order valence-corrected chi connectivity index (χ4v) is 2.85. The average molecular weight is 274 g/mol. The second kappa shape index (κ2) is 7.24. The molecule has 1 saturated carbocycles. The van der Waals surface area contributed by atoms with Crippen molar-refractivity contribution < 1.29 is 0 Å². The van der Waals surface area contributed by atoms with Gasteiger partial charge in [-0.3, -0.25) is 0 Å².